The van der Waals surface area contributed by atoms with Gasteiger partial charge in [-0.05, 0) is 30.0 Å². The van der Waals surface area contributed by atoms with Gasteiger partial charge in [0.15, 0.2) is 17.1 Å². The summed E-state index contributed by atoms with van der Waals surface area (Å²) in [4.78, 5) is 31.7. The molecule has 0 aliphatic rings. The lowest BCUT2D eigenvalue weighted by molar-refractivity contribution is -0.140. The predicted molar refractivity (Wildman–Crippen MR) is 128 cm³/mol. The molecular formula is C25H19F8N5O3. The summed E-state index contributed by atoms with van der Waals surface area (Å²) in [5.74, 6) is -2.22. The maximum Gasteiger partial charge on any atom is 0.425 e. The average Bonchev–Trinajstić information content (AvgIpc) is 2.89. The molecule has 0 spiro atoms. The van der Waals surface area contributed by atoms with E-state index in [-0.39, 0.29) is 28.6 Å². The Bertz CT molecular complexity index is 1670. The van der Waals surface area contributed by atoms with Gasteiger partial charge in [0.25, 0.3) is 11.1 Å². The molecule has 3 heterocycles. The van der Waals surface area contributed by atoms with Crippen molar-refractivity contribution in [1.82, 2.24) is 24.7 Å². The topological polar surface area (TPSA) is 103 Å². The standard InChI is InChI=1S/C25H19F8N5O3/c1-2-15(41-19-10-36-37-22(39)20(19)25(31,32)33)6-14(26)11-38-4-3-12-5-17(18(27)7-16(12)23(38)40)21-34-8-13(9-35-21)24(28,29)30/h3-5,7-10,14-15H,2,6,11H2,1H3,(H,37,39)/t14-,15+/m1/s1. The fourth-order valence-corrected chi connectivity index (χ4v) is 4.02. The summed E-state index contributed by atoms with van der Waals surface area (Å²) in [6.45, 7) is 0.966. The summed E-state index contributed by atoms with van der Waals surface area (Å²) >= 11 is 0. The molecule has 0 amide bonds. The number of halogens is 8. The van der Waals surface area contributed by atoms with Crippen LogP contribution in [0.15, 0.2) is 52.6 Å². The highest BCUT2D eigenvalue weighted by atomic mass is 19.4. The van der Waals surface area contributed by atoms with Gasteiger partial charge in [-0.2, -0.15) is 31.4 Å². The summed E-state index contributed by atoms with van der Waals surface area (Å²) in [5, 5.41) is 4.97. The van der Waals surface area contributed by atoms with Crippen molar-refractivity contribution in [3.05, 3.63) is 80.6 Å². The number of aromatic amines is 1. The van der Waals surface area contributed by atoms with Crippen LogP contribution in [0.25, 0.3) is 22.2 Å². The molecule has 0 fully saturated rings. The van der Waals surface area contributed by atoms with Crippen molar-refractivity contribution >= 4 is 10.8 Å². The van der Waals surface area contributed by atoms with Crippen LogP contribution in [0.1, 0.15) is 30.9 Å². The fraction of sp³-hybridized carbons (Fsp3) is 0.320. The van der Waals surface area contributed by atoms with Crippen LogP contribution in [0.2, 0.25) is 0 Å². The summed E-state index contributed by atoms with van der Waals surface area (Å²) in [6.07, 6.45) is -10.2. The van der Waals surface area contributed by atoms with Gasteiger partial charge in [0, 0.05) is 25.0 Å². The first-order valence-electron chi connectivity index (χ1n) is 11.9. The predicted octanol–water partition coefficient (Wildman–Crippen LogP) is 5.30. The average molecular weight is 589 g/mol. The second kappa shape index (κ2) is 11.2. The van der Waals surface area contributed by atoms with E-state index >= 15 is 0 Å². The van der Waals surface area contributed by atoms with Gasteiger partial charge in [-0.25, -0.2) is 23.8 Å². The van der Waals surface area contributed by atoms with Gasteiger partial charge in [0.05, 0.1) is 29.3 Å². The van der Waals surface area contributed by atoms with E-state index in [1.54, 1.807) is 5.10 Å². The van der Waals surface area contributed by atoms with Crippen molar-refractivity contribution in [3.63, 3.8) is 0 Å². The number of alkyl halides is 7. The molecule has 4 rings (SSSR count). The molecule has 0 aliphatic carbocycles. The van der Waals surface area contributed by atoms with Crippen LogP contribution in [0.5, 0.6) is 5.75 Å². The van der Waals surface area contributed by atoms with E-state index in [0.29, 0.717) is 18.6 Å². The van der Waals surface area contributed by atoms with Gasteiger partial charge in [0.2, 0.25) is 0 Å². The van der Waals surface area contributed by atoms with Crippen LogP contribution in [-0.2, 0) is 18.9 Å². The third-order valence-corrected chi connectivity index (χ3v) is 6.05. The molecule has 218 valence electrons. The number of aromatic nitrogens is 5. The van der Waals surface area contributed by atoms with Crippen molar-refractivity contribution in [2.75, 3.05) is 0 Å². The zero-order valence-electron chi connectivity index (χ0n) is 20.9. The number of nitrogens with one attached hydrogen (secondary N) is 1. The minimum absolute atomic E-state index is 0.0527. The molecule has 3 aromatic heterocycles. The third kappa shape index (κ3) is 6.52. The van der Waals surface area contributed by atoms with Gasteiger partial charge in [-0.1, -0.05) is 6.92 Å². The Morgan fingerprint density at radius 2 is 1.71 bits per heavy atom. The summed E-state index contributed by atoms with van der Waals surface area (Å²) in [6, 6.07) is 3.34. The minimum Gasteiger partial charge on any atom is -0.488 e. The van der Waals surface area contributed by atoms with Crippen LogP contribution in [-0.4, -0.2) is 37.0 Å². The quantitative estimate of drug-likeness (QED) is 0.280. The smallest absolute Gasteiger partial charge is 0.425 e. The number of pyridine rings is 1. The van der Waals surface area contributed by atoms with Gasteiger partial charge < -0.3 is 9.30 Å². The number of benzene rings is 1. The largest absolute Gasteiger partial charge is 0.488 e. The fourth-order valence-electron chi connectivity index (χ4n) is 4.02. The van der Waals surface area contributed by atoms with E-state index in [1.807, 2.05) is 0 Å². The summed E-state index contributed by atoms with van der Waals surface area (Å²) in [5.41, 5.74) is -5.32. The molecule has 2 atom stereocenters. The lowest BCUT2D eigenvalue weighted by Gasteiger charge is -2.21. The number of rotatable bonds is 8. The highest BCUT2D eigenvalue weighted by Gasteiger charge is 2.39. The van der Waals surface area contributed by atoms with Crippen molar-refractivity contribution < 1.29 is 39.9 Å². The van der Waals surface area contributed by atoms with E-state index in [1.165, 1.54) is 25.3 Å². The first kappa shape index (κ1) is 29.6. The molecule has 41 heavy (non-hydrogen) atoms. The van der Waals surface area contributed by atoms with E-state index < -0.39 is 71.4 Å². The van der Waals surface area contributed by atoms with Gasteiger partial charge in [0.1, 0.15) is 18.1 Å². The number of hydrogen-bond donors (Lipinski definition) is 1. The van der Waals surface area contributed by atoms with E-state index in [0.717, 1.165) is 10.6 Å². The molecule has 1 N–H and O–H groups in total. The molecule has 1 aromatic carbocycles. The van der Waals surface area contributed by atoms with Crippen LogP contribution in [0.3, 0.4) is 0 Å². The van der Waals surface area contributed by atoms with Crippen LogP contribution >= 0.6 is 0 Å². The van der Waals surface area contributed by atoms with Crippen molar-refractivity contribution in [2.24, 2.45) is 0 Å². The first-order chi connectivity index (χ1) is 19.2. The molecule has 0 bridgehead atoms. The molecule has 0 saturated carbocycles. The number of hydrogen-bond acceptors (Lipinski definition) is 6. The highest BCUT2D eigenvalue weighted by Crippen LogP contribution is 2.34. The molecule has 0 saturated heterocycles. The Morgan fingerprint density at radius 3 is 2.32 bits per heavy atom. The van der Waals surface area contributed by atoms with Crippen molar-refractivity contribution in [2.45, 2.75) is 50.9 Å². The lowest BCUT2D eigenvalue weighted by atomic mass is 10.1. The summed E-state index contributed by atoms with van der Waals surface area (Å²) in [7, 11) is 0. The molecule has 0 unspecified atom stereocenters. The van der Waals surface area contributed by atoms with Gasteiger partial charge in [-0.3, -0.25) is 9.59 Å². The monoisotopic (exact) mass is 589 g/mol. The van der Waals surface area contributed by atoms with Crippen LogP contribution in [0, 0.1) is 5.82 Å². The second-order valence-corrected chi connectivity index (χ2v) is 8.90. The number of fused-ring (bicyclic) bond motifs is 1. The minimum atomic E-state index is -5.05. The van der Waals surface area contributed by atoms with Crippen LogP contribution < -0.4 is 15.9 Å². The molecule has 16 heteroatoms. The zero-order chi connectivity index (χ0) is 30.1. The maximum absolute atomic E-state index is 15.0. The first-order valence-corrected chi connectivity index (χ1v) is 11.9. The Balaban J connectivity index is 1.54. The van der Waals surface area contributed by atoms with E-state index in [9.17, 15) is 44.7 Å². The Morgan fingerprint density at radius 1 is 1.02 bits per heavy atom. The van der Waals surface area contributed by atoms with E-state index in [2.05, 4.69) is 15.1 Å². The van der Waals surface area contributed by atoms with Crippen molar-refractivity contribution in [3.8, 4) is 17.1 Å². The van der Waals surface area contributed by atoms with Gasteiger partial charge >= 0.3 is 12.4 Å². The summed E-state index contributed by atoms with van der Waals surface area (Å²) < 4.78 is 114. The van der Waals surface area contributed by atoms with E-state index in [4.69, 9.17) is 4.74 Å². The molecule has 0 aliphatic heterocycles. The Kier molecular flexibility index (Phi) is 8.12. The number of nitrogens with zero attached hydrogens (tertiary/aromatic N) is 4. The molecule has 4 aromatic rings. The van der Waals surface area contributed by atoms with Crippen LogP contribution in [0.4, 0.5) is 35.1 Å². The Labute approximate surface area is 224 Å². The van der Waals surface area contributed by atoms with Crippen molar-refractivity contribution in [1.29, 1.82) is 0 Å². The molecular weight excluding hydrogens is 570 g/mol. The highest BCUT2D eigenvalue weighted by molar-refractivity contribution is 5.86. The lowest BCUT2D eigenvalue weighted by Crippen LogP contribution is -2.30. The second-order valence-electron chi connectivity index (χ2n) is 8.90. The molecule has 8 nitrogen and oxygen atoms in total. The number of ether oxygens (including phenoxy) is 1. The normalized spacial score (nSPS) is 13.8. The van der Waals surface area contributed by atoms with Gasteiger partial charge in [-0.15, -0.1) is 0 Å². The SMILES string of the molecule is CC[C@@H](C[C@@H](F)Cn1ccc2cc(-c3ncc(C(F)(F)F)cn3)c(F)cc2c1=O)Oc1cn[nH]c(=O)c1C(F)(F)F. The maximum atomic E-state index is 15.0. The molecule has 0 radical (unpaired) electrons. The Hall–Kier alpha value is -4.37. The number of H-pyrrole nitrogens is 1. The zero-order valence-corrected chi connectivity index (χ0v) is 20.9. The third-order valence-electron chi connectivity index (χ3n) is 6.05.